The molecule has 1 saturated heterocycles. The first-order valence-corrected chi connectivity index (χ1v) is 7.04. The van der Waals surface area contributed by atoms with Gasteiger partial charge in [-0.1, -0.05) is 24.2 Å². The Labute approximate surface area is 107 Å². The van der Waals surface area contributed by atoms with Crippen LogP contribution in [-0.2, 0) is 0 Å². The molecule has 0 saturated carbocycles. The Kier molecular flexibility index (Phi) is 4.17. The van der Waals surface area contributed by atoms with E-state index < -0.39 is 0 Å². The van der Waals surface area contributed by atoms with E-state index in [2.05, 4.69) is 26.2 Å². The lowest BCUT2D eigenvalue weighted by molar-refractivity contribution is 0.214. The fourth-order valence-corrected chi connectivity index (χ4v) is 2.85. The summed E-state index contributed by atoms with van der Waals surface area (Å²) in [6.45, 7) is 1.72. The number of amides is 2. The summed E-state index contributed by atoms with van der Waals surface area (Å²) < 4.78 is 0.929. The van der Waals surface area contributed by atoms with Gasteiger partial charge in [-0.15, -0.1) is 0 Å². The molecule has 1 N–H and O–H groups in total. The molecular formula is C10H14BrN3OS. The first kappa shape index (κ1) is 11.9. The van der Waals surface area contributed by atoms with Crippen LogP contribution >= 0.6 is 27.3 Å². The van der Waals surface area contributed by atoms with Crippen LogP contribution in [0.2, 0.25) is 0 Å². The summed E-state index contributed by atoms with van der Waals surface area (Å²) in [5.41, 5.74) is 0. The van der Waals surface area contributed by atoms with E-state index in [0.717, 1.165) is 29.7 Å². The molecule has 0 atom stereocenters. The Balaban J connectivity index is 1.91. The molecule has 2 rings (SSSR count). The lowest BCUT2D eigenvalue weighted by Crippen LogP contribution is -2.35. The molecule has 0 aliphatic carbocycles. The van der Waals surface area contributed by atoms with E-state index in [-0.39, 0.29) is 6.03 Å². The molecule has 16 heavy (non-hydrogen) atoms. The lowest BCUT2D eigenvalue weighted by Gasteiger charge is -2.19. The monoisotopic (exact) mass is 303 g/mol. The van der Waals surface area contributed by atoms with Crippen LogP contribution in [0.5, 0.6) is 0 Å². The zero-order valence-electron chi connectivity index (χ0n) is 8.91. The number of hydrogen-bond acceptors (Lipinski definition) is 3. The smallest absolute Gasteiger partial charge is 0.323 e. The summed E-state index contributed by atoms with van der Waals surface area (Å²) in [4.78, 5) is 17.9. The van der Waals surface area contributed by atoms with Gasteiger partial charge in [-0.25, -0.2) is 9.78 Å². The van der Waals surface area contributed by atoms with Crippen molar-refractivity contribution in [3.05, 3.63) is 9.98 Å². The van der Waals surface area contributed by atoms with Gasteiger partial charge in [0.05, 0.1) is 9.98 Å². The number of carbonyl (C=O) groups excluding carboxylic acids is 1. The minimum absolute atomic E-state index is 0.0243. The maximum Gasteiger partial charge on any atom is 0.323 e. The van der Waals surface area contributed by atoms with Crippen molar-refractivity contribution in [2.45, 2.75) is 25.7 Å². The van der Waals surface area contributed by atoms with E-state index in [1.54, 1.807) is 6.20 Å². The summed E-state index contributed by atoms with van der Waals surface area (Å²) in [6.07, 6.45) is 6.37. The van der Waals surface area contributed by atoms with Crippen LogP contribution < -0.4 is 5.32 Å². The van der Waals surface area contributed by atoms with Crippen LogP contribution in [0.25, 0.3) is 0 Å². The second-order valence-electron chi connectivity index (χ2n) is 3.80. The van der Waals surface area contributed by atoms with Crippen molar-refractivity contribution in [2.75, 3.05) is 18.4 Å². The SMILES string of the molecule is O=C(Nc1ncc(Br)s1)N1CCCCCC1. The van der Waals surface area contributed by atoms with Crippen LogP contribution in [-0.4, -0.2) is 29.0 Å². The van der Waals surface area contributed by atoms with E-state index in [0.29, 0.717) is 5.13 Å². The van der Waals surface area contributed by atoms with E-state index in [1.165, 1.54) is 24.2 Å². The number of thiazole rings is 1. The van der Waals surface area contributed by atoms with Crippen molar-refractivity contribution in [3.8, 4) is 0 Å². The van der Waals surface area contributed by atoms with Gasteiger partial charge in [0.1, 0.15) is 0 Å². The second kappa shape index (κ2) is 5.63. The predicted molar refractivity (Wildman–Crippen MR) is 68.9 cm³/mol. The van der Waals surface area contributed by atoms with Crippen molar-refractivity contribution in [1.29, 1.82) is 0 Å². The van der Waals surface area contributed by atoms with Crippen molar-refractivity contribution in [2.24, 2.45) is 0 Å². The van der Waals surface area contributed by atoms with Crippen LogP contribution in [0.1, 0.15) is 25.7 Å². The third-order valence-electron chi connectivity index (χ3n) is 2.58. The van der Waals surface area contributed by atoms with E-state index >= 15 is 0 Å². The summed E-state index contributed by atoms with van der Waals surface area (Å²) in [5, 5.41) is 3.48. The molecule has 0 unspecified atom stereocenters. The average Bonchev–Trinajstić information content (AvgIpc) is 2.56. The van der Waals surface area contributed by atoms with Gasteiger partial charge in [-0.3, -0.25) is 5.32 Å². The highest BCUT2D eigenvalue weighted by Gasteiger charge is 2.16. The first-order valence-electron chi connectivity index (χ1n) is 5.43. The highest BCUT2D eigenvalue weighted by molar-refractivity contribution is 9.11. The number of likely N-dealkylation sites (tertiary alicyclic amines) is 1. The fraction of sp³-hybridized carbons (Fsp3) is 0.600. The maximum atomic E-state index is 11.9. The number of urea groups is 1. The topological polar surface area (TPSA) is 45.2 Å². The average molecular weight is 304 g/mol. The third-order valence-corrected chi connectivity index (χ3v) is 3.98. The summed E-state index contributed by atoms with van der Waals surface area (Å²) >= 11 is 4.75. The number of nitrogens with one attached hydrogen (secondary N) is 1. The van der Waals surface area contributed by atoms with Crippen LogP contribution in [0.4, 0.5) is 9.93 Å². The zero-order valence-corrected chi connectivity index (χ0v) is 11.3. The highest BCUT2D eigenvalue weighted by atomic mass is 79.9. The molecular weight excluding hydrogens is 290 g/mol. The molecule has 6 heteroatoms. The minimum Gasteiger partial charge on any atom is -0.324 e. The summed E-state index contributed by atoms with van der Waals surface area (Å²) in [7, 11) is 0. The Morgan fingerprint density at radius 1 is 1.38 bits per heavy atom. The number of aromatic nitrogens is 1. The quantitative estimate of drug-likeness (QED) is 0.865. The Morgan fingerprint density at radius 2 is 2.06 bits per heavy atom. The van der Waals surface area contributed by atoms with Gasteiger partial charge >= 0.3 is 6.03 Å². The van der Waals surface area contributed by atoms with Crippen molar-refractivity contribution in [1.82, 2.24) is 9.88 Å². The van der Waals surface area contributed by atoms with Crippen molar-refractivity contribution in [3.63, 3.8) is 0 Å². The van der Waals surface area contributed by atoms with Gasteiger partial charge in [0.15, 0.2) is 5.13 Å². The third kappa shape index (κ3) is 3.18. The van der Waals surface area contributed by atoms with Crippen LogP contribution in [0.15, 0.2) is 9.98 Å². The molecule has 1 aliphatic heterocycles. The molecule has 4 nitrogen and oxygen atoms in total. The number of hydrogen-bond donors (Lipinski definition) is 1. The summed E-state index contributed by atoms with van der Waals surface area (Å²) in [5.74, 6) is 0. The van der Waals surface area contributed by atoms with Crippen molar-refractivity contribution < 1.29 is 4.79 Å². The van der Waals surface area contributed by atoms with Gasteiger partial charge in [-0.2, -0.15) is 0 Å². The molecule has 0 bridgehead atoms. The Hall–Kier alpha value is -0.620. The highest BCUT2D eigenvalue weighted by Crippen LogP contribution is 2.23. The predicted octanol–water partition coefficient (Wildman–Crippen LogP) is 3.31. The number of nitrogens with zero attached hydrogens (tertiary/aromatic N) is 2. The summed E-state index contributed by atoms with van der Waals surface area (Å²) in [6, 6.07) is -0.0243. The first-order chi connectivity index (χ1) is 7.75. The molecule has 1 aliphatic rings. The van der Waals surface area contributed by atoms with Crippen LogP contribution in [0, 0.1) is 0 Å². The number of halogens is 1. The number of rotatable bonds is 1. The minimum atomic E-state index is -0.0243. The Bertz CT molecular complexity index is 361. The van der Waals surface area contributed by atoms with E-state index in [1.807, 2.05) is 4.90 Å². The molecule has 2 heterocycles. The molecule has 2 amide bonds. The lowest BCUT2D eigenvalue weighted by atomic mass is 10.2. The largest absolute Gasteiger partial charge is 0.324 e. The molecule has 88 valence electrons. The maximum absolute atomic E-state index is 11.9. The zero-order chi connectivity index (χ0) is 11.4. The van der Waals surface area contributed by atoms with E-state index in [9.17, 15) is 4.79 Å². The van der Waals surface area contributed by atoms with Crippen molar-refractivity contribution >= 4 is 38.4 Å². The number of carbonyl (C=O) groups is 1. The van der Waals surface area contributed by atoms with Crippen LogP contribution in [0.3, 0.4) is 0 Å². The van der Waals surface area contributed by atoms with Gasteiger partial charge in [0.25, 0.3) is 0 Å². The molecule has 1 fully saturated rings. The molecule has 0 radical (unpaired) electrons. The second-order valence-corrected chi connectivity index (χ2v) is 6.21. The fourth-order valence-electron chi connectivity index (χ4n) is 1.76. The van der Waals surface area contributed by atoms with E-state index in [4.69, 9.17) is 0 Å². The van der Waals surface area contributed by atoms with Gasteiger partial charge < -0.3 is 4.90 Å². The molecule has 0 aromatic carbocycles. The van der Waals surface area contributed by atoms with Gasteiger partial charge in [-0.05, 0) is 28.8 Å². The Morgan fingerprint density at radius 3 is 2.62 bits per heavy atom. The normalized spacial score (nSPS) is 16.9. The standard InChI is InChI=1S/C10H14BrN3OS/c11-8-7-12-9(16-8)13-10(15)14-5-3-1-2-4-6-14/h7H,1-6H2,(H,12,13,15). The molecule has 0 spiro atoms. The molecule has 1 aromatic heterocycles. The number of anilines is 1. The van der Waals surface area contributed by atoms with Gasteiger partial charge in [0, 0.05) is 13.1 Å². The molecule has 1 aromatic rings. The van der Waals surface area contributed by atoms with Gasteiger partial charge in [0.2, 0.25) is 0 Å².